The summed E-state index contributed by atoms with van der Waals surface area (Å²) in [6.07, 6.45) is 7.58. The van der Waals surface area contributed by atoms with Crippen LogP contribution in [0.3, 0.4) is 0 Å². The van der Waals surface area contributed by atoms with Gasteiger partial charge in [0, 0.05) is 29.6 Å². The van der Waals surface area contributed by atoms with E-state index in [1.807, 2.05) is 23.1 Å². The van der Waals surface area contributed by atoms with Crippen LogP contribution in [-0.4, -0.2) is 29.9 Å². The highest BCUT2D eigenvalue weighted by molar-refractivity contribution is 5.94. The minimum Gasteiger partial charge on any atom is -0.491 e. The lowest BCUT2D eigenvalue weighted by molar-refractivity contribution is -0.137. The molecule has 1 aromatic carbocycles. The van der Waals surface area contributed by atoms with Crippen LogP contribution < -0.4 is 10.1 Å². The van der Waals surface area contributed by atoms with Crippen molar-refractivity contribution in [1.82, 2.24) is 4.90 Å². The van der Waals surface area contributed by atoms with E-state index in [1.165, 1.54) is 6.42 Å². The Hall–Kier alpha value is -2.04. The van der Waals surface area contributed by atoms with Gasteiger partial charge in [-0.2, -0.15) is 0 Å². The van der Waals surface area contributed by atoms with Crippen molar-refractivity contribution in [2.24, 2.45) is 11.8 Å². The van der Waals surface area contributed by atoms with E-state index in [4.69, 9.17) is 4.74 Å². The molecule has 0 bridgehead atoms. The Balaban J connectivity index is 1.48. The number of rotatable bonds is 3. The summed E-state index contributed by atoms with van der Waals surface area (Å²) in [4.78, 5) is 26.8. The lowest BCUT2D eigenvalue weighted by Crippen LogP contribution is -2.37. The van der Waals surface area contributed by atoms with Crippen molar-refractivity contribution in [1.29, 1.82) is 0 Å². The van der Waals surface area contributed by atoms with Crippen LogP contribution in [0.2, 0.25) is 0 Å². The quantitative estimate of drug-likeness (QED) is 0.916. The number of hydrogen-bond acceptors (Lipinski definition) is 3. The molecule has 0 spiro atoms. The SMILES string of the molecule is O=C(Nc1ccc2c(c1)CN(C(=O)C1CCCCC1)CCO2)C1CC1. The van der Waals surface area contributed by atoms with Crippen molar-refractivity contribution in [2.75, 3.05) is 18.5 Å². The van der Waals surface area contributed by atoms with E-state index >= 15 is 0 Å². The van der Waals surface area contributed by atoms with Crippen molar-refractivity contribution in [3.63, 3.8) is 0 Å². The summed E-state index contributed by atoms with van der Waals surface area (Å²) in [6.45, 7) is 1.73. The van der Waals surface area contributed by atoms with Gasteiger partial charge < -0.3 is 15.0 Å². The molecule has 5 heteroatoms. The number of fused-ring (bicyclic) bond motifs is 1. The molecule has 25 heavy (non-hydrogen) atoms. The van der Waals surface area contributed by atoms with Gasteiger partial charge in [-0.05, 0) is 43.9 Å². The zero-order valence-corrected chi connectivity index (χ0v) is 14.6. The lowest BCUT2D eigenvalue weighted by Gasteiger charge is -2.28. The van der Waals surface area contributed by atoms with Crippen molar-refractivity contribution in [3.8, 4) is 5.75 Å². The Labute approximate surface area is 148 Å². The number of hydrogen-bond donors (Lipinski definition) is 1. The first-order valence-electron chi connectivity index (χ1n) is 9.56. The molecule has 1 N–H and O–H groups in total. The highest BCUT2D eigenvalue weighted by Crippen LogP contribution is 2.32. The third kappa shape index (κ3) is 3.80. The van der Waals surface area contributed by atoms with E-state index in [0.29, 0.717) is 19.7 Å². The van der Waals surface area contributed by atoms with E-state index < -0.39 is 0 Å². The van der Waals surface area contributed by atoms with Gasteiger partial charge in [-0.3, -0.25) is 9.59 Å². The third-order valence-corrected chi connectivity index (χ3v) is 5.52. The van der Waals surface area contributed by atoms with Crippen molar-refractivity contribution >= 4 is 17.5 Å². The Morgan fingerprint density at radius 1 is 1.04 bits per heavy atom. The Morgan fingerprint density at radius 3 is 2.60 bits per heavy atom. The maximum absolute atomic E-state index is 12.9. The first-order chi connectivity index (χ1) is 12.2. The standard InChI is InChI=1S/C20H26N2O3/c23-19(14-6-7-14)21-17-8-9-18-16(12-17)13-22(10-11-25-18)20(24)15-4-2-1-3-5-15/h8-9,12,14-15H,1-7,10-11,13H2,(H,21,23). The number of nitrogens with zero attached hydrogens (tertiary/aromatic N) is 1. The molecule has 0 aromatic heterocycles. The summed E-state index contributed by atoms with van der Waals surface area (Å²) in [7, 11) is 0. The first-order valence-corrected chi connectivity index (χ1v) is 9.56. The van der Waals surface area contributed by atoms with Gasteiger partial charge in [0.25, 0.3) is 0 Å². The van der Waals surface area contributed by atoms with Crippen LogP contribution in [0.1, 0.15) is 50.5 Å². The van der Waals surface area contributed by atoms with Crippen LogP contribution in [0, 0.1) is 11.8 Å². The van der Waals surface area contributed by atoms with Crippen LogP contribution >= 0.6 is 0 Å². The van der Waals surface area contributed by atoms with Crippen molar-refractivity contribution < 1.29 is 14.3 Å². The van der Waals surface area contributed by atoms with Crippen LogP contribution in [-0.2, 0) is 16.1 Å². The molecule has 2 saturated carbocycles. The normalized spacial score (nSPS) is 21.0. The number of benzene rings is 1. The monoisotopic (exact) mass is 342 g/mol. The molecule has 5 nitrogen and oxygen atoms in total. The third-order valence-electron chi connectivity index (χ3n) is 5.52. The predicted octanol–water partition coefficient (Wildman–Crippen LogP) is 3.34. The molecule has 134 valence electrons. The lowest BCUT2D eigenvalue weighted by atomic mass is 9.88. The van der Waals surface area contributed by atoms with Crippen molar-refractivity contribution in [2.45, 2.75) is 51.5 Å². The molecule has 3 aliphatic rings. The molecule has 0 radical (unpaired) electrons. The van der Waals surface area contributed by atoms with Crippen LogP contribution in [0.5, 0.6) is 5.75 Å². The fraction of sp³-hybridized carbons (Fsp3) is 0.600. The number of anilines is 1. The predicted molar refractivity (Wildman–Crippen MR) is 95.3 cm³/mol. The number of ether oxygens (including phenoxy) is 1. The van der Waals surface area contributed by atoms with Gasteiger partial charge in [-0.25, -0.2) is 0 Å². The zero-order valence-electron chi connectivity index (χ0n) is 14.6. The van der Waals surface area contributed by atoms with Gasteiger partial charge in [-0.1, -0.05) is 19.3 Å². The van der Waals surface area contributed by atoms with Gasteiger partial charge in [-0.15, -0.1) is 0 Å². The van der Waals surface area contributed by atoms with E-state index in [-0.39, 0.29) is 23.7 Å². The molecular weight excluding hydrogens is 316 g/mol. The summed E-state index contributed by atoms with van der Waals surface area (Å²) in [5.74, 6) is 1.55. The average Bonchev–Trinajstić information content (AvgIpc) is 3.48. The molecule has 2 amide bonds. The molecule has 4 rings (SSSR count). The highest BCUT2D eigenvalue weighted by Gasteiger charge is 2.30. The van der Waals surface area contributed by atoms with Gasteiger partial charge in [0.1, 0.15) is 12.4 Å². The number of carbonyl (C=O) groups is 2. The van der Waals surface area contributed by atoms with Gasteiger partial charge in [0.05, 0.1) is 6.54 Å². The summed E-state index contributed by atoms with van der Waals surface area (Å²) in [6, 6.07) is 5.76. The van der Waals surface area contributed by atoms with E-state index in [0.717, 1.165) is 55.5 Å². The molecule has 0 saturated heterocycles. The summed E-state index contributed by atoms with van der Waals surface area (Å²) in [5.41, 5.74) is 1.78. The first kappa shape index (κ1) is 16.4. The molecule has 1 aromatic rings. The maximum Gasteiger partial charge on any atom is 0.227 e. The van der Waals surface area contributed by atoms with Crippen LogP contribution in [0.15, 0.2) is 18.2 Å². The molecule has 1 heterocycles. The number of amides is 2. The van der Waals surface area contributed by atoms with Gasteiger partial charge in [0.2, 0.25) is 11.8 Å². The smallest absolute Gasteiger partial charge is 0.227 e. The fourth-order valence-electron chi connectivity index (χ4n) is 3.86. The molecule has 0 atom stereocenters. The van der Waals surface area contributed by atoms with Crippen LogP contribution in [0.4, 0.5) is 5.69 Å². The van der Waals surface area contributed by atoms with E-state index in [1.54, 1.807) is 0 Å². The second-order valence-electron chi connectivity index (χ2n) is 7.53. The molecule has 2 aliphatic carbocycles. The number of carbonyl (C=O) groups excluding carboxylic acids is 2. The highest BCUT2D eigenvalue weighted by atomic mass is 16.5. The van der Waals surface area contributed by atoms with Crippen LogP contribution in [0.25, 0.3) is 0 Å². The molecule has 2 fully saturated rings. The second-order valence-corrected chi connectivity index (χ2v) is 7.53. The molecule has 1 aliphatic heterocycles. The van der Waals surface area contributed by atoms with Crippen molar-refractivity contribution in [3.05, 3.63) is 23.8 Å². The van der Waals surface area contributed by atoms with Gasteiger partial charge in [0.15, 0.2) is 0 Å². The zero-order chi connectivity index (χ0) is 17.2. The summed E-state index contributed by atoms with van der Waals surface area (Å²) >= 11 is 0. The molecular formula is C20H26N2O3. The summed E-state index contributed by atoms with van der Waals surface area (Å²) in [5, 5.41) is 2.98. The van der Waals surface area contributed by atoms with E-state index in [2.05, 4.69) is 5.32 Å². The maximum atomic E-state index is 12.9. The minimum atomic E-state index is 0.102. The Morgan fingerprint density at radius 2 is 1.84 bits per heavy atom. The topological polar surface area (TPSA) is 58.6 Å². The fourth-order valence-corrected chi connectivity index (χ4v) is 3.86. The largest absolute Gasteiger partial charge is 0.491 e. The Bertz CT molecular complexity index is 663. The number of nitrogens with one attached hydrogen (secondary N) is 1. The summed E-state index contributed by atoms with van der Waals surface area (Å²) < 4.78 is 5.83. The minimum absolute atomic E-state index is 0.102. The average molecular weight is 342 g/mol. The Kier molecular flexibility index (Phi) is 4.64. The second kappa shape index (κ2) is 7.06. The van der Waals surface area contributed by atoms with Gasteiger partial charge >= 0.3 is 0 Å². The molecule has 0 unspecified atom stereocenters. The van der Waals surface area contributed by atoms with E-state index in [9.17, 15) is 9.59 Å².